The molecular weight excluding hydrogens is 332 g/mol. The van der Waals surface area contributed by atoms with Gasteiger partial charge in [0.2, 0.25) is 0 Å². The summed E-state index contributed by atoms with van der Waals surface area (Å²) in [5.74, 6) is -3.29. The second-order valence-electron chi connectivity index (χ2n) is 4.20. The number of aryl methyl sites for hydroxylation is 1. The Balaban J connectivity index is 2.44. The van der Waals surface area contributed by atoms with Gasteiger partial charge in [0.05, 0.1) is 5.56 Å². The summed E-state index contributed by atoms with van der Waals surface area (Å²) in [6.07, 6.45) is 0. The van der Waals surface area contributed by atoms with E-state index in [4.69, 9.17) is 5.11 Å². The summed E-state index contributed by atoms with van der Waals surface area (Å²) in [5.41, 5.74) is 0.516. The molecule has 0 amide bonds. The van der Waals surface area contributed by atoms with Crippen LogP contribution in [0.2, 0.25) is 0 Å². The first-order valence-electron chi connectivity index (χ1n) is 5.64. The molecule has 0 heterocycles. The Morgan fingerprint density at radius 2 is 1.80 bits per heavy atom. The molecule has 0 bridgehead atoms. The van der Waals surface area contributed by atoms with Gasteiger partial charge in [0, 0.05) is 10.2 Å². The van der Waals surface area contributed by atoms with Crippen molar-refractivity contribution in [2.75, 3.05) is 5.32 Å². The maximum Gasteiger partial charge on any atom is 0.335 e. The molecule has 0 aromatic heterocycles. The van der Waals surface area contributed by atoms with Gasteiger partial charge in [-0.15, -0.1) is 0 Å². The van der Waals surface area contributed by atoms with Crippen LogP contribution in [0.5, 0.6) is 0 Å². The second-order valence-corrected chi connectivity index (χ2v) is 5.12. The molecule has 0 unspecified atom stereocenters. The fourth-order valence-electron chi connectivity index (χ4n) is 1.68. The number of hydrogen-bond donors (Lipinski definition) is 2. The number of carbonyl (C=O) groups is 1. The summed E-state index contributed by atoms with van der Waals surface area (Å²) >= 11 is 3.27. The number of benzene rings is 2. The van der Waals surface area contributed by atoms with Crippen molar-refractivity contribution in [3.05, 3.63) is 57.6 Å². The van der Waals surface area contributed by atoms with Crippen LogP contribution < -0.4 is 5.32 Å². The van der Waals surface area contributed by atoms with Crippen LogP contribution in [0.1, 0.15) is 15.9 Å². The number of carboxylic acid groups (broad SMARTS) is 1. The van der Waals surface area contributed by atoms with Gasteiger partial charge < -0.3 is 10.4 Å². The van der Waals surface area contributed by atoms with E-state index in [2.05, 4.69) is 21.2 Å². The van der Waals surface area contributed by atoms with Crippen LogP contribution in [0.15, 0.2) is 34.8 Å². The highest BCUT2D eigenvalue weighted by atomic mass is 79.9. The topological polar surface area (TPSA) is 49.3 Å². The molecule has 3 nitrogen and oxygen atoms in total. The van der Waals surface area contributed by atoms with Gasteiger partial charge >= 0.3 is 5.97 Å². The maximum absolute atomic E-state index is 13.8. The highest BCUT2D eigenvalue weighted by molar-refractivity contribution is 9.10. The Labute approximate surface area is 122 Å². The molecule has 0 atom stereocenters. The van der Waals surface area contributed by atoms with Crippen LogP contribution in [0.4, 0.5) is 20.2 Å². The van der Waals surface area contributed by atoms with Crippen molar-refractivity contribution < 1.29 is 18.7 Å². The highest BCUT2D eigenvalue weighted by Gasteiger charge is 2.15. The smallest absolute Gasteiger partial charge is 0.335 e. The molecular formula is C14H10BrF2NO2. The number of halogens is 3. The van der Waals surface area contributed by atoms with E-state index in [9.17, 15) is 13.6 Å². The molecule has 6 heteroatoms. The minimum atomic E-state index is -1.38. The number of anilines is 2. The zero-order valence-electron chi connectivity index (χ0n) is 10.4. The molecule has 0 saturated carbocycles. The Morgan fingerprint density at radius 1 is 1.20 bits per heavy atom. The molecule has 0 spiro atoms. The lowest BCUT2D eigenvalue weighted by molar-refractivity contribution is 0.0696. The number of aromatic carboxylic acids is 1. The first-order chi connectivity index (χ1) is 9.38. The average molecular weight is 342 g/mol. The first kappa shape index (κ1) is 14.5. The number of carboxylic acids is 1. The van der Waals surface area contributed by atoms with Crippen LogP contribution in [0, 0.1) is 18.6 Å². The summed E-state index contributed by atoms with van der Waals surface area (Å²) < 4.78 is 28.4. The average Bonchev–Trinajstić information content (AvgIpc) is 2.37. The van der Waals surface area contributed by atoms with Crippen molar-refractivity contribution in [3.63, 3.8) is 0 Å². The van der Waals surface area contributed by atoms with Crippen molar-refractivity contribution in [3.8, 4) is 0 Å². The summed E-state index contributed by atoms with van der Waals surface area (Å²) in [6, 6.07) is 6.83. The van der Waals surface area contributed by atoms with E-state index in [1.807, 2.05) is 0 Å². The summed E-state index contributed by atoms with van der Waals surface area (Å²) in [4.78, 5) is 10.7. The van der Waals surface area contributed by atoms with Crippen LogP contribution in [0.3, 0.4) is 0 Å². The van der Waals surface area contributed by atoms with Gasteiger partial charge in [-0.05, 0) is 36.8 Å². The Hall–Kier alpha value is -1.95. The maximum atomic E-state index is 13.8. The standard InChI is InChI=1S/C14H10BrF2NO2/c1-7-2-3-9(15)6-12(7)18-13-10(16)4-8(14(19)20)5-11(13)17/h2-6,18H,1H3,(H,19,20). The van der Waals surface area contributed by atoms with Crippen molar-refractivity contribution >= 4 is 33.3 Å². The van der Waals surface area contributed by atoms with Gasteiger partial charge in [-0.2, -0.15) is 0 Å². The minimum Gasteiger partial charge on any atom is -0.478 e. The summed E-state index contributed by atoms with van der Waals surface area (Å²) in [5, 5.41) is 11.4. The lowest BCUT2D eigenvalue weighted by Crippen LogP contribution is -2.04. The van der Waals surface area contributed by atoms with E-state index >= 15 is 0 Å². The third kappa shape index (κ3) is 2.96. The normalized spacial score (nSPS) is 10.4. The molecule has 2 aromatic rings. The minimum absolute atomic E-state index is 0.379. The molecule has 0 aliphatic heterocycles. The highest BCUT2D eigenvalue weighted by Crippen LogP contribution is 2.28. The van der Waals surface area contributed by atoms with Gasteiger partial charge in [0.15, 0.2) is 11.6 Å². The third-order valence-electron chi connectivity index (χ3n) is 2.75. The number of hydrogen-bond acceptors (Lipinski definition) is 2. The number of rotatable bonds is 3. The van der Waals surface area contributed by atoms with E-state index in [0.29, 0.717) is 5.69 Å². The van der Waals surface area contributed by atoms with Gasteiger partial charge in [-0.25, -0.2) is 13.6 Å². The van der Waals surface area contributed by atoms with Crippen LogP contribution >= 0.6 is 15.9 Å². The third-order valence-corrected chi connectivity index (χ3v) is 3.24. The van der Waals surface area contributed by atoms with E-state index in [0.717, 1.165) is 22.2 Å². The predicted octanol–water partition coefficient (Wildman–Crippen LogP) is 4.48. The van der Waals surface area contributed by atoms with Crippen LogP contribution in [-0.2, 0) is 0 Å². The molecule has 0 fully saturated rings. The number of nitrogens with one attached hydrogen (secondary N) is 1. The molecule has 0 radical (unpaired) electrons. The van der Waals surface area contributed by atoms with Crippen molar-refractivity contribution in [2.24, 2.45) is 0 Å². The molecule has 0 aliphatic carbocycles. The quantitative estimate of drug-likeness (QED) is 0.865. The molecule has 20 heavy (non-hydrogen) atoms. The Morgan fingerprint density at radius 3 is 2.35 bits per heavy atom. The van der Waals surface area contributed by atoms with Gasteiger partial charge in [-0.3, -0.25) is 0 Å². The molecule has 0 aliphatic rings. The monoisotopic (exact) mass is 341 g/mol. The largest absolute Gasteiger partial charge is 0.478 e. The first-order valence-corrected chi connectivity index (χ1v) is 6.43. The fourth-order valence-corrected chi connectivity index (χ4v) is 2.04. The molecule has 104 valence electrons. The van der Waals surface area contributed by atoms with Crippen molar-refractivity contribution in [1.82, 2.24) is 0 Å². The van der Waals surface area contributed by atoms with Gasteiger partial charge in [-0.1, -0.05) is 22.0 Å². The summed E-state index contributed by atoms with van der Waals surface area (Å²) in [7, 11) is 0. The van der Waals surface area contributed by atoms with E-state index in [-0.39, 0.29) is 5.69 Å². The van der Waals surface area contributed by atoms with E-state index in [1.165, 1.54) is 0 Å². The Kier molecular flexibility index (Phi) is 4.04. The molecule has 2 rings (SSSR count). The second kappa shape index (κ2) is 5.58. The van der Waals surface area contributed by atoms with Crippen LogP contribution in [0.25, 0.3) is 0 Å². The van der Waals surface area contributed by atoms with Gasteiger partial charge in [0.1, 0.15) is 5.69 Å². The lowest BCUT2D eigenvalue weighted by atomic mass is 10.1. The summed E-state index contributed by atoms with van der Waals surface area (Å²) in [6.45, 7) is 1.79. The predicted molar refractivity (Wildman–Crippen MR) is 75.5 cm³/mol. The zero-order valence-corrected chi connectivity index (χ0v) is 12.0. The molecule has 0 saturated heterocycles. The molecule has 2 aromatic carbocycles. The SMILES string of the molecule is Cc1ccc(Br)cc1Nc1c(F)cc(C(=O)O)cc1F. The van der Waals surface area contributed by atoms with Crippen molar-refractivity contribution in [1.29, 1.82) is 0 Å². The molecule has 2 N–H and O–H groups in total. The zero-order chi connectivity index (χ0) is 14.9. The van der Waals surface area contributed by atoms with E-state index in [1.54, 1.807) is 25.1 Å². The van der Waals surface area contributed by atoms with Gasteiger partial charge in [0.25, 0.3) is 0 Å². The Bertz CT molecular complexity index is 666. The van der Waals surface area contributed by atoms with Crippen LogP contribution in [-0.4, -0.2) is 11.1 Å². The lowest BCUT2D eigenvalue weighted by Gasteiger charge is -2.12. The van der Waals surface area contributed by atoms with E-state index < -0.39 is 23.2 Å². The fraction of sp³-hybridized carbons (Fsp3) is 0.0714. The van der Waals surface area contributed by atoms with Crippen molar-refractivity contribution in [2.45, 2.75) is 6.92 Å².